The van der Waals surface area contributed by atoms with Crippen LogP contribution in [0.1, 0.15) is 62.5 Å². The first kappa shape index (κ1) is 23.4. The average Bonchev–Trinajstić information content (AvgIpc) is 3.32. The van der Waals surface area contributed by atoms with Gasteiger partial charge in [-0.15, -0.1) is 0 Å². The van der Waals surface area contributed by atoms with Gasteiger partial charge in [0.15, 0.2) is 0 Å². The van der Waals surface area contributed by atoms with Crippen molar-refractivity contribution >= 4 is 18.0 Å². The molecule has 0 aromatic heterocycles. The highest BCUT2D eigenvalue weighted by molar-refractivity contribution is 5.80. The fraction of sp³-hybridized carbons (Fsp3) is 0.464. The molecule has 5 rings (SSSR count). The maximum absolute atomic E-state index is 13.1. The van der Waals surface area contributed by atoms with Gasteiger partial charge in [-0.3, -0.25) is 9.59 Å². The van der Waals surface area contributed by atoms with Gasteiger partial charge in [0.1, 0.15) is 6.61 Å². The molecule has 7 heteroatoms. The van der Waals surface area contributed by atoms with Crippen LogP contribution in [0.15, 0.2) is 48.5 Å². The van der Waals surface area contributed by atoms with Crippen LogP contribution in [0.5, 0.6) is 0 Å². The van der Waals surface area contributed by atoms with Crippen molar-refractivity contribution in [3.05, 3.63) is 59.7 Å². The summed E-state index contributed by atoms with van der Waals surface area (Å²) in [6.45, 7) is 2.17. The summed E-state index contributed by atoms with van der Waals surface area (Å²) in [5.74, 6) is -1.15. The van der Waals surface area contributed by atoms with Crippen LogP contribution in [0.3, 0.4) is 0 Å². The molecule has 2 saturated heterocycles. The number of benzene rings is 2. The Morgan fingerprint density at radius 3 is 2.11 bits per heavy atom. The molecule has 2 unspecified atom stereocenters. The standard InChI is InChI=1S/C28H32N2O5/c1-2-18(15-26(31)30-19-11-12-20(30)14-17(13-19)27(32)33)29-28(34)35-16-25-23-9-5-3-7-21(23)22-8-4-6-10-24(22)25/h3-10,17-20,25H,2,11-16H2,1H3,(H,29,34)(H,32,33)/t17?,18-,19?,20?/m1/s1. The summed E-state index contributed by atoms with van der Waals surface area (Å²) in [6.07, 6.45) is 3.05. The molecule has 2 amide bonds. The minimum Gasteiger partial charge on any atom is -0.481 e. The Morgan fingerprint density at radius 2 is 1.57 bits per heavy atom. The number of hydrogen-bond acceptors (Lipinski definition) is 4. The number of amides is 2. The Kier molecular flexibility index (Phi) is 6.50. The van der Waals surface area contributed by atoms with E-state index in [1.807, 2.05) is 36.1 Å². The van der Waals surface area contributed by atoms with E-state index in [0.717, 1.165) is 24.0 Å². The second-order valence-electron chi connectivity index (χ2n) is 9.97. The van der Waals surface area contributed by atoms with E-state index in [9.17, 15) is 19.5 Å². The van der Waals surface area contributed by atoms with Crippen molar-refractivity contribution < 1.29 is 24.2 Å². The summed E-state index contributed by atoms with van der Waals surface area (Å²) in [5.41, 5.74) is 4.67. The molecule has 0 radical (unpaired) electrons. The first-order chi connectivity index (χ1) is 17.0. The number of ether oxygens (including phenoxy) is 1. The summed E-state index contributed by atoms with van der Waals surface area (Å²) in [4.78, 5) is 39.1. The number of carboxylic acids is 1. The van der Waals surface area contributed by atoms with Crippen LogP contribution >= 0.6 is 0 Å². The van der Waals surface area contributed by atoms with E-state index in [1.54, 1.807) is 0 Å². The van der Waals surface area contributed by atoms with Crippen LogP contribution in [0.4, 0.5) is 4.79 Å². The topological polar surface area (TPSA) is 95.9 Å². The van der Waals surface area contributed by atoms with E-state index in [1.165, 1.54) is 11.1 Å². The van der Waals surface area contributed by atoms with Crippen molar-refractivity contribution in [3.63, 3.8) is 0 Å². The monoisotopic (exact) mass is 476 g/mol. The molecular weight excluding hydrogens is 444 g/mol. The Balaban J connectivity index is 1.17. The third-order valence-electron chi connectivity index (χ3n) is 7.95. The van der Waals surface area contributed by atoms with E-state index >= 15 is 0 Å². The summed E-state index contributed by atoms with van der Waals surface area (Å²) < 4.78 is 5.65. The lowest BCUT2D eigenvalue weighted by Crippen LogP contribution is -2.50. The third-order valence-corrected chi connectivity index (χ3v) is 7.95. The molecule has 2 heterocycles. The molecule has 3 atom stereocenters. The number of piperidine rings is 1. The molecule has 1 aliphatic carbocycles. The highest BCUT2D eigenvalue weighted by atomic mass is 16.5. The number of alkyl carbamates (subject to hydrolysis) is 1. The number of carbonyl (C=O) groups is 3. The molecule has 184 valence electrons. The maximum Gasteiger partial charge on any atom is 0.407 e. The zero-order valence-electron chi connectivity index (χ0n) is 20.0. The molecule has 2 aliphatic heterocycles. The van der Waals surface area contributed by atoms with Crippen molar-refractivity contribution in [2.45, 2.75) is 69.5 Å². The average molecular weight is 477 g/mol. The van der Waals surface area contributed by atoms with Crippen LogP contribution in [0.2, 0.25) is 0 Å². The van der Waals surface area contributed by atoms with E-state index in [0.29, 0.717) is 19.3 Å². The lowest BCUT2D eigenvalue weighted by atomic mass is 9.90. The zero-order valence-corrected chi connectivity index (χ0v) is 20.0. The number of fused-ring (bicyclic) bond motifs is 5. The third kappa shape index (κ3) is 4.51. The van der Waals surface area contributed by atoms with Gasteiger partial charge in [0, 0.05) is 30.5 Å². The van der Waals surface area contributed by atoms with Crippen LogP contribution in [0.25, 0.3) is 11.1 Å². The Hall–Kier alpha value is -3.35. The van der Waals surface area contributed by atoms with Gasteiger partial charge < -0.3 is 20.1 Å². The van der Waals surface area contributed by atoms with Crippen LogP contribution in [-0.2, 0) is 14.3 Å². The number of rotatable bonds is 7. The molecule has 2 bridgehead atoms. The summed E-state index contributed by atoms with van der Waals surface area (Å²) in [5, 5.41) is 12.3. The Morgan fingerprint density at radius 1 is 1.00 bits per heavy atom. The number of aliphatic carboxylic acids is 1. The Bertz CT molecular complexity index is 1070. The Labute approximate surface area is 205 Å². The van der Waals surface area contributed by atoms with Crippen LogP contribution in [-0.4, -0.2) is 52.7 Å². The van der Waals surface area contributed by atoms with Gasteiger partial charge in [-0.05, 0) is 54.4 Å². The van der Waals surface area contributed by atoms with Crippen molar-refractivity contribution in [2.24, 2.45) is 5.92 Å². The van der Waals surface area contributed by atoms with Gasteiger partial charge >= 0.3 is 12.1 Å². The SMILES string of the molecule is CC[C@H](CC(=O)N1C2CCC1CC(C(=O)O)C2)NC(=O)OCC1c2ccccc2-c2ccccc21. The van der Waals surface area contributed by atoms with Gasteiger partial charge in [0.25, 0.3) is 0 Å². The number of carbonyl (C=O) groups excluding carboxylic acids is 2. The summed E-state index contributed by atoms with van der Waals surface area (Å²) >= 11 is 0. The first-order valence-corrected chi connectivity index (χ1v) is 12.6. The quantitative estimate of drug-likeness (QED) is 0.611. The number of nitrogens with one attached hydrogen (secondary N) is 1. The largest absolute Gasteiger partial charge is 0.481 e. The minimum atomic E-state index is -0.766. The van der Waals surface area contributed by atoms with E-state index in [-0.39, 0.29) is 48.9 Å². The van der Waals surface area contributed by atoms with Gasteiger partial charge in [0.05, 0.1) is 5.92 Å². The predicted octanol–water partition coefficient (Wildman–Crippen LogP) is 4.55. The molecule has 2 fully saturated rings. The summed E-state index contributed by atoms with van der Waals surface area (Å²) in [7, 11) is 0. The van der Waals surface area contributed by atoms with E-state index in [2.05, 4.69) is 29.6 Å². The second kappa shape index (κ2) is 9.72. The molecule has 0 saturated carbocycles. The molecule has 3 aliphatic rings. The fourth-order valence-corrected chi connectivity index (χ4v) is 6.21. The van der Waals surface area contributed by atoms with Crippen LogP contribution < -0.4 is 5.32 Å². The molecular formula is C28H32N2O5. The lowest BCUT2D eigenvalue weighted by Gasteiger charge is -2.38. The fourth-order valence-electron chi connectivity index (χ4n) is 6.21. The molecule has 0 spiro atoms. The summed E-state index contributed by atoms with van der Waals surface area (Å²) in [6, 6.07) is 16.1. The number of hydrogen-bond donors (Lipinski definition) is 2. The van der Waals surface area contributed by atoms with Crippen molar-refractivity contribution in [1.82, 2.24) is 10.2 Å². The van der Waals surface area contributed by atoms with Crippen LogP contribution in [0, 0.1) is 5.92 Å². The van der Waals surface area contributed by atoms with Crippen molar-refractivity contribution in [2.75, 3.05) is 6.61 Å². The van der Waals surface area contributed by atoms with Gasteiger partial charge in [-0.2, -0.15) is 0 Å². The highest BCUT2D eigenvalue weighted by Gasteiger charge is 2.45. The van der Waals surface area contributed by atoms with Gasteiger partial charge in [-0.25, -0.2) is 4.79 Å². The van der Waals surface area contributed by atoms with Crippen molar-refractivity contribution in [3.8, 4) is 11.1 Å². The maximum atomic E-state index is 13.1. The predicted molar refractivity (Wildman–Crippen MR) is 131 cm³/mol. The van der Waals surface area contributed by atoms with E-state index < -0.39 is 12.1 Å². The molecule has 35 heavy (non-hydrogen) atoms. The number of nitrogens with zero attached hydrogens (tertiary/aromatic N) is 1. The lowest BCUT2D eigenvalue weighted by molar-refractivity contribution is -0.148. The highest BCUT2D eigenvalue weighted by Crippen LogP contribution is 2.44. The first-order valence-electron chi connectivity index (χ1n) is 12.6. The molecule has 2 aromatic carbocycles. The molecule has 2 aromatic rings. The molecule has 7 nitrogen and oxygen atoms in total. The number of carboxylic acid groups (broad SMARTS) is 1. The molecule has 2 N–H and O–H groups in total. The minimum absolute atomic E-state index is 0.00527. The van der Waals surface area contributed by atoms with Gasteiger partial charge in [0.2, 0.25) is 5.91 Å². The normalized spacial score (nSPS) is 23.3. The van der Waals surface area contributed by atoms with Crippen molar-refractivity contribution in [1.29, 1.82) is 0 Å². The van der Waals surface area contributed by atoms with E-state index in [4.69, 9.17) is 4.74 Å². The van der Waals surface area contributed by atoms with Gasteiger partial charge in [-0.1, -0.05) is 55.5 Å². The smallest absolute Gasteiger partial charge is 0.407 e. The second-order valence-corrected chi connectivity index (χ2v) is 9.97. The zero-order chi connectivity index (χ0) is 24.5.